The number of halogens is 1. The van der Waals surface area contributed by atoms with Gasteiger partial charge in [0.1, 0.15) is 0 Å². The van der Waals surface area contributed by atoms with Crippen molar-refractivity contribution in [2.75, 3.05) is 7.11 Å². The number of hydrogen-bond acceptors (Lipinski definition) is 3. The van der Waals surface area contributed by atoms with Gasteiger partial charge in [0.2, 0.25) is 8.32 Å². The number of hydrogen-bond donors (Lipinski definition) is 0. The standard InChI is InChI=1S/C11H15BrO3Si/c1-14-10-6-9(12)5-8(7-13)11(10)15-16(2,3)4/h5-7H,1-4H3. The fourth-order valence-electron chi connectivity index (χ4n) is 1.24. The minimum Gasteiger partial charge on any atom is -0.541 e. The van der Waals surface area contributed by atoms with Gasteiger partial charge in [0.25, 0.3) is 0 Å². The molecule has 1 aromatic rings. The molecule has 0 atom stereocenters. The lowest BCUT2D eigenvalue weighted by Crippen LogP contribution is -2.30. The molecule has 3 nitrogen and oxygen atoms in total. The Balaban J connectivity index is 3.27. The van der Waals surface area contributed by atoms with E-state index in [9.17, 15) is 4.79 Å². The summed E-state index contributed by atoms with van der Waals surface area (Å²) in [5.41, 5.74) is 0.508. The lowest BCUT2D eigenvalue weighted by atomic mass is 10.2. The molecule has 0 unspecified atom stereocenters. The molecule has 16 heavy (non-hydrogen) atoms. The number of carbonyl (C=O) groups excluding carboxylic acids is 1. The summed E-state index contributed by atoms with van der Waals surface area (Å²) >= 11 is 3.33. The number of carbonyl (C=O) groups is 1. The molecule has 0 aromatic heterocycles. The van der Waals surface area contributed by atoms with Gasteiger partial charge in [0.05, 0.1) is 12.7 Å². The van der Waals surface area contributed by atoms with Crippen molar-refractivity contribution >= 4 is 30.5 Å². The highest BCUT2D eigenvalue weighted by Gasteiger charge is 2.21. The average Bonchev–Trinajstić information content (AvgIpc) is 2.18. The molecule has 0 aliphatic rings. The first-order valence-corrected chi connectivity index (χ1v) is 9.09. The second-order valence-corrected chi connectivity index (χ2v) is 9.70. The van der Waals surface area contributed by atoms with Crippen LogP contribution in [0.4, 0.5) is 0 Å². The fraction of sp³-hybridized carbons (Fsp3) is 0.364. The summed E-state index contributed by atoms with van der Waals surface area (Å²) in [7, 11) is -0.202. The smallest absolute Gasteiger partial charge is 0.242 e. The van der Waals surface area contributed by atoms with Crippen LogP contribution in [0.1, 0.15) is 10.4 Å². The number of methoxy groups -OCH3 is 1. The van der Waals surface area contributed by atoms with Gasteiger partial charge in [-0.05, 0) is 31.8 Å². The Morgan fingerprint density at radius 2 is 1.94 bits per heavy atom. The van der Waals surface area contributed by atoms with E-state index in [0.29, 0.717) is 17.1 Å². The molecular formula is C11H15BrO3Si. The summed E-state index contributed by atoms with van der Waals surface area (Å²) in [5.74, 6) is 1.12. The van der Waals surface area contributed by atoms with Crippen molar-refractivity contribution in [1.82, 2.24) is 0 Å². The van der Waals surface area contributed by atoms with Gasteiger partial charge in [-0.25, -0.2) is 0 Å². The van der Waals surface area contributed by atoms with Gasteiger partial charge in [-0.1, -0.05) is 15.9 Å². The molecule has 0 aliphatic heterocycles. The summed E-state index contributed by atoms with van der Waals surface area (Å²) in [4.78, 5) is 11.0. The van der Waals surface area contributed by atoms with Gasteiger partial charge >= 0.3 is 0 Å². The average molecular weight is 303 g/mol. The van der Waals surface area contributed by atoms with E-state index < -0.39 is 8.32 Å². The van der Waals surface area contributed by atoms with Crippen molar-refractivity contribution in [2.45, 2.75) is 19.6 Å². The van der Waals surface area contributed by atoms with Crippen LogP contribution in [-0.2, 0) is 0 Å². The van der Waals surface area contributed by atoms with E-state index in [1.165, 1.54) is 0 Å². The lowest BCUT2D eigenvalue weighted by molar-refractivity contribution is 0.112. The Bertz CT molecular complexity index is 399. The predicted molar refractivity (Wildman–Crippen MR) is 70.1 cm³/mol. The van der Waals surface area contributed by atoms with Crippen LogP contribution in [0, 0.1) is 0 Å². The molecule has 0 radical (unpaired) electrons. The highest BCUT2D eigenvalue weighted by Crippen LogP contribution is 2.35. The molecule has 0 N–H and O–H groups in total. The van der Waals surface area contributed by atoms with Crippen LogP contribution >= 0.6 is 15.9 Å². The minimum absolute atomic E-state index is 0.508. The van der Waals surface area contributed by atoms with Crippen molar-refractivity contribution in [3.63, 3.8) is 0 Å². The van der Waals surface area contributed by atoms with Crippen molar-refractivity contribution < 1.29 is 14.0 Å². The molecular weight excluding hydrogens is 288 g/mol. The zero-order valence-corrected chi connectivity index (χ0v) is 12.4. The summed E-state index contributed by atoms with van der Waals surface area (Å²) in [6, 6.07) is 3.52. The van der Waals surface area contributed by atoms with E-state index in [-0.39, 0.29) is 0 Å². The highest BCUT2D eigenvalue weighted by atomic mass is 79.9. The summed E-state index contributed by atoms with van der Waals surface area (Å²) in [5, 5.41) is 0. The van der Waals surface area contributed by atoms with E-state index in [2.05, 4.69) is 35.6 Å². The van der Waals surface area contributed by atoms with E-state index >= 15 is 0 Å². The molecule has 0 saturated carbocycles. The molecule has 5 heteroatoms. The zero-order valence-electron chi connectivity index (χ0n) is 9.83. The largest absolute Gasteiger partial charge is 0.541 e. The second-order valence-electron chi connectivity index (χ2n) is 4.36. The molecule has 0 amide bonds. The molecule has 0 heterocycles. The van der Waals surface area contributed by atoms with Gasteiger partial charge in [-0.15, -0.1) is 0 Å². The normalized spacial score (nSPS) is 11.1. The van der Waals surface area contributed by atoms with Gasteiger partial charge in [0.15, 0.2) is 17.8 Å². The quantitative estimate of drug-likeness (QED) is 0.631. The summed E-state index contributed by atoms with van der Waals surface area (Å²) in [6.07, 6.45) is 0.781. The number of ether oxygens (including phenoxy) is 1. The predicted octanol–water partition coefficient (Wildman–Crippen LogP) is 3.48. The summed E-state index contributed by atoms with van der Waals surface area (Å²) in [6.45, 7) is 6.18. The first-order valence-electron chi connectivity index (χ1n) is 4.89. The maximum Gasteiger partial charge on any atom is 0.242 e. The Morgan fingerprint density at radius 1 is 1.31 bits per heavy atom. The summed E-state index contributed by atoms with van der Waals surface area (Å²) < 4.78 is 11.9. The Morgan fingerprint density at radius 3 is 2.38 bits per heavy atom. The molecule has 0 aliphatic carbocycles. The van der Waals surface area contributed by atoms with E-state index in [1.807, 2.05) is 0 Å². The van der Waals surface area contributed by atoms with Gasteiger partial charge in [-0.3, -0.25) is 4.79 Å². The van der Waals surface area contributed by atoms with Crippen LogP contribution in [0.3, 0.4) is 0 Å². The second kappa shape index (κ2) is 5.01. The fourth-order valence-corrected chi connectivity index (χ4v) is 2.53. The Labute approximate surface area is 105 Å². The molecule has 0 fully saturated rings. The number of rotatable bonds is 4. The molecule has 88 valence electrons. The Hall–Kier alpha value is -0.813. The minimum atomic E-state index is -1.76. The van der Waals surface area contributed by atoms with E-state index in [4.69, 9.17) is 9.16 Å². The molecule has 0 saturated heterocycles. The number of benzene rings is 1. The SMILES string of the molecule is COc1cc(Br)cc(C=O)c1O[Si](C)(C)C. The number of aldehydes is 1. The highest BCUT2D eigenvalue weighted by molar-refractivity contribution is 9.10. The maximum absolute atomic E-state index is 11.0. The van der Waals surface area contributed by atoms with Crippen LogP contribution in [0.2, 0.25) is 19.6 Å². The van der Waals surface area contributed by atoms with E-state index in [1.54, 1.807) is 19.2 Å². The van der Waals surface area contributed by atoms with Crippen molar-refractivity contribution in [3.8, 4) is 11.5 Å². The van der Waals surface area contributed by atoms with Gasteiger partial charge in [-0.2, -0.15) is 0 Å². The zero-order chi connectivity index (χ0) is 12.3. The van der Waals surface area contributed by atoms with Crippen molar-refractivity contribution in [1.29, 1.82) is 0 Å². The third-order valence-corrected chi connectivity index (χ3v) is 3.08. The van der Waals surface area contributed by atoms with Crippen LogP contribution in [0.15, 0.2) is 16.6 Å². The lowest BCUT2D eigenvalue weighted by Gasteiger charge is -2.22. The van der Waals surface area contributed by atoms with Crippen molar-refractivity contribution in [2.24, 2.45) is 0 Å². The Kier molecular flexibility index (Phi) is 4.15. The van der Waals surface area contributed by atoms with Gasteiger partial charge < -0.3 is 9.16 Å². The van der Waals surface area contributed by atoms with Gasteiger partial charge in [0, 0.05) is 4.47 Å². The van der Waals surface area contributed by atoms with Crippen LogP contribution in [0.5, 0.6) is 11.5 Å². The van der Waals surface area contributed by atoms with E-state index in [0.717, 1.165) is 10.8 Å². The van der Waals surface area contributed by atoms with Crippen molar-refractivity contribution in [3.05, 3.63) is 22.2 Å². The molecule has 1 rings (SSSR count). The maximum atomic E-state index is 11.0. The van der Waals surface area contributed by atoms with Crippen LogP contribution < -0.4 is 9.16 Å². The first-order chi connectivity index (χ1) is 7.37. The monoisotopic (exact) mass is 302 g/mol. The topological polar surface area (TPSA) is 35.5 Å². The molecule has 1 aromatic carbocycles. The molecule has 0 bridgehead atoms. The van der Waals surface area contributed by atoms with Crippen LogP contribution in [0.25, 0.3) is 0 Å². The third kappa shape index (κ3) is 3.35. The first kappa shape index (κ1) is 13.3. The molecule has 0 spiro atoms. The third-order valence-electron chi connectivity index (χ3n) is 1.80. The van der Waals surface area contributed by atoms with Crippen LogP contribution in [-0.4, -0.2) is 21.7 Å².